The molecule has 1 aromatic heterocycles. The number of piperidine rings is 1. The van der Waals surface area contributed by atoms with Crippen molar-refractivity contribution in [1.82, 2.24) is 10.5 Å². The van der Waals surface area contributed by atoms with E-state index in [0.29, 0.717) is 17.1 Å². The van der Waals surface area contributed by atoms with Gasteiger partial charge in [0.1, 0.15) is 12.4 Å². The van der Waals surface area contributed by atoms with Crippen LogP contribution >= 0.6 is 0 Å². The minimum absolute atomic E-state index is 0.0587. The molecule has 0 spiro atoms. The Labute approximate surface area is 194 Å². The van der Waals surface area contributed by atoms with Crippen LogP contribution in [0.3, 0.4) is 0 Å². The predicted octanol–water partition coefficient (Wildman–Crippen LogP) is 3.16. The van der Waals surface area contributed by atoms with E-state index in [9.17, 15) is 14.7 Å². The van der Waals surface area contributed by atoms with E-state index in [4.69, 9.17) is 9.26 Å². The van der Waals surface area contributed by atoms with Crippen molar-refractivity contribution in [2.45, 2.75) is 51.0 Å². The summed E-state index contributed by atoms with van der Waals surface area (Å²) in [5, 5.41) is 21.6. The van der Waals surface area contributed by atoms with Crippen molar-refractivity contribution in [2.24, 2.45) is 17.8 Å². The van der Waals surface area contributed by atoms with E-state index in [-0.39, 0.29) is 24.3 Å². The maximum Gasteiger partial charge on any atom is 0.343 e. The lowest BCUT2D eigenvalue weighted by molar-refractivity contribution is -0.176. The molecule has 3 N–H and O–H groups in total. The molecule has 1 aromatic carbocycles. The Morgan fingerprint density at radius 2 is 1.91 bits per heavy atom. The van der Waals surface area contributed by atoms with Crippen molar-refractivity contribution in [2.75, 3.05) is 25.0 Å². The number of aromatic nitrogens is 1. The van der Waals surface area contributed by atoms with E-state index in [1.807, 2.05) is 18.2 Å². The second-order valence-electron chi connectivity index (χ2n) is 9.22. The van der Waals surface area contributed by atoms with Crippen LogP contribution in [0.15, 0.2) is 40.9 Å². The highest BCUT2D eigenvalue weighted by molar-refractivity contribution is 5.92. The van der Waals surface area contributed by atoms with E-state index >= 15 is 0 Å². The second kappa shape index (κ2) is 10.5. The zero-order valence-corrected chi connectivity index (χ0v) is 19.1. The number of anilines is 1. The highest BCUT2D eigenvalue weighted by Crippen LogP contribution is 2.41. The van der Waals surface area contributed by atoms with Crippen LogP contribution in [0, 0.1) is 24.7 Å². The first kappa shape index (κ1) is 23.4. The van der Waals surface area contributed by atoms with Crippen LogP contribution in [-0.2, 0) is 19.9 Å². The molecular formula is C25H33N3O5. The van der Waals surface area contributed by atoms with Crippen molar-refractivity contribution in [3.05, 3.63) is 47.7 Å². The van der Waals surface area contributed by atoms with Crippen LogP contribution in [0.1, 0.15) is 49.8 Å². The number of aliphatic hydroxyl groups is 1. The minimum atomic E-state index is -1.71. The number of carbonyl (C=O) groups excluding carboxylic acids is 2. The Morgan fingerprint density at radius 1 is 1.21 bits per heavy atom. The molecule has 1 amide bonds. The van der Waals surface area contributed by atoms with Crippen molar-refractivity contribution >= 4 is 17.7 Å². The van der Waals surface area contributed by atoms with Crippen molar-refractivity contribution in [3.63, 3.8) is 0 Å². The molecule has 2 unspecified atom stereocenters. The molecule has 1 aliphatic carbocycles. The Morgan fingerprint density at radius 3 is 2.55 bits per heavy atom. The fraction of sp³-hybridized carbons (Fsp3) is 0.560. The van der Waals surface area contributed by atoms with Crippen LogP contribution in [0.25, 0.3) is 0 Å². The molecule has 33 heavy (non-hydrogen) atoms. The number of hydrogen-bond acceptors (Lipinski definition) is 7. The van der Waals surface area contributed by atoms with Gasteiger partial charge in [-0.2, -0.15) is 0 Å². The highest BCUT2D eigenvalue weighted by atomic mass is 16.6. The number of amides is 1. The molecule has 2 fully saturated rings. The van der Waals surface area contributed by atoms with E-state index < -0.39 is 17.5 Å². The topological polar surface area (TPSA) is 114 Å². The SMILES string of the molecule is Cc1cc(NC(=O)C(COC(=O)C(O)(c2ccccc2)C2CCCC2)C2CCNCC2)no1. The lowest BCUT2D eigenvalue weighted by Crippen LogP contribution is -2.45. The molecule has 8 nitrogen and oxygen atoms in total. The molecule has 2 aromatic rings. The van der Waals surface area contributed by atoms with Gasteiger partial charge < -0.3 is 25.0 Å². The summed E-state index contributed by atoms with van der Waals surface area (Å²) in [5.74, 6) is -0.678. The molecule has 1 aliphatic heterocycles. The molecule has 2 heterocycles. The van der Waals surface area contributed by atoms with Gasteiger partial charge in [-0.15, -0.1) is 0 Å². The van der Waals surface area contributed by atoms with Gasteiger partial charge in [-0.1, -0.05) is 48.3 Å². The maximum atomic E-state index is 13.4. The lowest BCUT2D eigenvalue weighted by Gasteiger charge is -2.34. The summed E-state index contributed by atoms with van der Waals surface area (Å²) >= 11 is 0. The molecule has 4 rings (SSSR count). The number of hydrogen-bond donors (Lipinski definition) is 3. The first-order valence-corrected chi connectivity index (χ1v) is 11.9. The van der Waals surface area contributed by atoms with Gasteiger partial charge >= 0.3 is 5.97 Å². The van der Waals surface area contributed by atoms with E-state index in [0.717, 1.165) is 51.6 Å². The second-order valence-corrected chi connectivity index (χ2v) is 9.22. The molecular weight excluding hydrogens is 422 g/mol. The number of carbonyl (C=O) groups is 2. The van der Waals surface area contributed by atoms with E-state index in [1.54, 1.807) is 25.1 Å². The summed E-state index contributed by atoms with van der Waals surface area (Å²) < 4.78 is 10.8. The molecule has 0 radical (unpaired) electrons. The Balaban J connectivity index is 1.51. The molecule has 2 atom stereocenters. The number of aryl methyl sites for hydroxylation is 1. The third-order valence-electron chi connectivity index (χ3n) is 7.03. The monoisotopic (exact) mass is 455 g/mol. The maximum absolute atomic E-state index is 13.4. The lowest BCUT2D eigenvalue weighted by atomic mass is 9.80. The van der Waals surface area contributed by atoms with Crippen LogP contribution in [0.2, 0.25) is 0 Å². The molecule has 1 saturated carbocycles. The summed E-state index contributed by atoms with van der Waals surface area (Å²) in [6.45, 7) is 3.28. The van der Waals surface area contributed by atoms with E-state index in [2.05, 4.69) is 15.8 Å². The fourth-order valence-corrected chi connectivity index (χ4v) is 5.15. The van der Waals surface area contributed by atoms with Crippen LogP contribution in [-0.4, -0.2) is 41.8 Å². The first-order valence-electron chi connectivity index (χ1n) is 11.9. The summed E-state index contributed by atoms with van der Waals surface area (Å²) in [4.78, 5) is 26.5. The van der Waals surface area contributed by atoms with Crippen molar-refractivity contribution < 1.29 is 24.0 Å². The number of nitrogens with zero attached hydrogens (tertiary/aromatic N) is 1. The zero-order chi connectivity index (χ0) is 23.3. The average Bonchev–Trinajstić information content (AvgIpc) is 3.52. The minimum Gasteiger partial charge on any atom is -0.462 e. The van der Waals surface area contributed by atoms with Gasteiger partial charge in [-0.3, -0.25) is 4.79 Å². The number of benzene rings is 1. The number of rotatable bonds is 8. The van der Waals surface area contributed by atoms with Gasteiger partial charge in [0.25, 0.3) is 0 Å². The third-order valence-corrected chi connectivity index (χ3v) is 7.03. The predicted molar refractivity (Wildman–Crippen MR) is 122 cm³/mol. The first-order chi connectivity index (χ1) is 16.0. The highest BCUT2D eigenvalue weighted by Gasteiger charge is 2.48. The van der Waals surface area contributed by atoms with Gasteiger partial charge in [0.15, 0.2) is 11.4 Å². The van der Waals surface area contributed by atoms with Gasteiger partial charge in [-0.25, -0.2) is 4.79 Å². The van der Waals surface area contributed by atoms with Crippen LogP contribution in [0.5, 0.6) is 0 Å². The van der Waals surface area contributed by atoms with Crippen LogP contribution < -0.4 is 10.6 Å². The fourth-order valence-electron chi connectivity index (χ4n) is 5.15. The summed E-state index contributed by atoms with van der Waals surface area (Å²) in [6.07, 6.45) is 5.10. The van der Waals surface area contributed by atoms with Crippen LogP contribution in [0.4, 0.5) is 5.82 Å². The van der Waals surface area contributed by atoms with Gasteiger partial charge in [0, 0.05) is 12.0 Å². The smallest absolute Gasteiger partial charge is 0.343 e. The number of nitrogens with one attached hydrogen (secondary N) is 2. The normalized spacial score (nSPS) is 20.2. The van der Waals surface area contributed by atoms with Gasteiger partial charge in [-0.05, 0) is 57.2 Å². The Kier molecular flexibility index (Phi) is 7.45. The Hall–Kier alpha value is -2.71. The molecule has 2 aliphatic rings. The summed E-state index contributed by atoms with van der Waals surface area (Å²) in [6, 6.07) is 10.7. The third kappa shape index (κ3) is 5.28. The quantitative estimate of drug-likeness (QED) is 0.524. The van der Waals surface area contributed by atoms with Gasteiger partial charge in [0.05, 0.1) is 5.92 Å². The molecule has 178 valence electrons. The zero-order valence-electron chi connectivity index (χ0n) is 19.1. The number of esters is 1. The average molecular weight is 456 g/mol. The standard InChI is InChI=1S/C25H33N3O5/c1-17-15-22(28-33-17)27-23(29)21(18-11-13-26-14-12-18)16-32-24(30)25(31,20-9-5-6-10-20)19-7-3-2-4-8-19/h2-4,7-8,15,18,20-21,26,31H,5-6,9-14,16H2,1H3,(H,27,28,29). The summed E-state index contributed by atoms with van der Waals surface area (Å²) in [5.41, 5.74) is -1.17. The van der Waals surface area contributed by atoms with Gasteiger partial charge in [0.2, 0.25) is 5.91 Å². The van der Waals surface area contributed by atoms with Crippen molar-refractivity contribution in [3.8, 4) is 0 Å². The van der Waals surface area contributed by atoms with E-state index in [1.165, 1.54) is 0 Å². The molecule has 1 saturated heterocycles. The number of ether oxygens (including phenoxy) is 1. The Bertz CT molecular complexity index is 935. The molecule has 0 bridgehead atoms. The summed E-state index contributed by atoms with van der Waals surface area (Å²) in [7, 11) is 0. The van der Waals surface area contributed by atoms with Crippen molar-refractivity contribution in [1.29, 1.82) is 0 Å². The largest absolute Gasteiger partial charge is 0.462 e. The molecule has 8 heteroatoms.